The zero-order valence-corrected chi connectivity index (χ0v) is 16.4. The van der Waals surface area contributed by atoms with Gasteiger partial charge in [-0.3, -0.25) is 0 Å². The van der Waals surface area contributed by atoms with Gasteiger partial charge in [-0.1, -0.05) is 30.9 Å². The third kappa shape index (κ3) is 2.86. The molecule has 0 spiro atoms. The molecule has 7 heteroatoms. The van der Waals surface area contributed by atoms with Gasteiger partial charge >= 0.3 is 5.63 Å². The van der Waals surface area contributed by atoms with Gasteiger partial charge in [-0.15, -0.1) is 0 Å². The van der Waals surface area contributed by atoms with Crippen LogP contribution in [0.5, 0.6) is 5.75 Å². The topological polar surface area (TPSA) is 120 Å². The van der Waals surface area contributed by atoms with E-state index < -0.39 is 36.6 Å². The minimum Gasteiger partial charge on any atom is -0.507 e. The number of fused-ring (bicyclic) bond motifs is 5. The van der Waals surface area contributed by atoms with Crippen molar-refractivity contribution < 1.29 is 29.6 Å². The van der Waals surface area contributed by atoms with Gasteiger partial charge in [-0.25, -0.2) is 4.79 Å². The van der Waals surface area contributed by atoms with Crippen LogP contribution in [0.2, 0.25) is 0 Å². The lowest BCUT2D eigenvalue weighted by Crippen LogP contribution is -2.32. The van der Waals surface area contributed by atoms with Crippen molar-refractivity contribution in [2.24, 2.45) is 0 Å². The highest BCUT2D eigenvalue weighted by atomic mass is 16.6. The minimum absolute atomic E-state index is 0.0304. The van der Waals surface area contributed by atoms with Gasteiger partial charge in [0, 0.05) is 16.2 Å². The maximum absolute atomic E-state index is 12.8. The predicted molar refractivity (Wildman–Crippen MR) is 116 cm³/mol. The minimum atomic E-state index is -1.30. The van der Waals surface area contributed by atoms with Crippen LogP contribution in [-0.2, 0) is 4.74 Å². The summed E-state index contributed by atoms with van der Waals surface area (Å²) in [4.78, 5) is 12.8. The standard InChI is InChI=1S/C24H20O7/c1-2-11-3-4-12-13-5-6-14-17(26)8-7-15(23-21(28)20(27)18(10-25)30-23)19(14)22(13)31-24(29)16(12)9-11/h2-9,18,20-21,23,25-28H,1,10H2/t18-,20-,21-,23+/m1/s1. The quantitative estimate of drug-likeness (QED) is 0.297. The van der Waals surface area contributed by atoms with E-state index in [0.29, 0.717) is 32.5 Å². The smallest absolute Gasteiger partial charge is 0.344 e. The summed E-state index contributed by atoms with van der Waals surface area (Å²) in [7, 11) is 0. The van der Waals surface area contributed by atoms with Gasteiger partial charge < -0.3 is 29.6 Å². The first-order valence-corrected chi connectivity index (χ1v) is 9.84. The summed E-state index contributed by atoms with van der Waals surface area (Å²) in [5.41, 5.74) is 0.912. The average Bonchev–Trinajstić information content (AvgIpc) is 3.07. The van der Waals surface area contributed by atoms with Crippen LogP contribution in [0.1, 0.15) is 17.2 Å². The first kappa shape index (κ1) is 19.7. The highest BCUT2D eigenvalue weighted by Crippen LogP contribution is 2.42. The van der Waals surface area contributed by atoms with Crippen LogP contribution in [0.3, 0.4) is 0 Å². The Morgan fingerprint density at radius 1 is 0.968 bits per heavy atom. The third-order valence-electron chi connectivity index (χ3n) is 5.98. The normalized spacial score (nSPS) is 23.7. The lowest BCUT2D eigenvalue weighted by Gasteiger charge is -2.19. The molecular weight excluding hydrogens is 400 g/mol. The van der Waals surface area contributed by atoms with Gasteiger partial charge in [0.2, 0.25) is 0 Å². The molecule has 0 saturated carbocycles. The van der Waals surface area contributed by atoms with E-state index in [9.17, 15) is 25.2 Å². The van der Waals surface area contributed by atoms with Crippen molar-refractivity contribution in [1.82, 2.24) is 0 Å². The molecule has 4 aromatic rings. The van der Waals surface area contributed by atoms with Crippen molar-refractivity contribution in [3.8, 4) is 5.75 Å². The molecule has 5 rings (SSSR count). The van der Waals surface area contributed by atoms with E-state index in [4.69, 9.17) is 9.15 Å². The molecule has 1 aromatic heterocycles. The predicted octanol–water partition coefficient (Wildman–Crippen LogP) is 2.60. The second-order valence-electron chi connectivity index (χ2n) is 7.70. The molecule has 1 saturated heterocycles. The number of ether oxygens (including phenoxy) is 1. The fourth-order valence-corrected chi connectivity index (χ4v) is 4.38. The molecule has 0 unspecified atom stereocenters. The number of benzene rings is 3. The molecule has 4 atom stereocenters. The SMILES string of the molecule is C=Cc1ccc2c(c1)c(=O)oc1c2ccc2c(O)ccc([C@@H]3O[C@H](CO)[C@@H](O)[C@H]3O)c21. The van der Waals surface area contributed by atoms with Crippen LogP contribution in [-0.4, -0.2) is 45.3 Å². The molecular formula is C24H20O7. The van der Waals surface area contributed by atoms with Gasteiger partial charge in [-0.05, 0) is 40.8 Å². The average molecular weight is 420 g/mol. The van der Waals surface area contributed by atoms with Gasteiger partial charge in [-0.2, -0.15) is 0 Å². The maximum Gasteiger partial charge on any atom is 0.344 e. The number of phenols is 1. The van der Waals surface area contributed by atoms with Crippen molar-refractivity contribution in [3.63, 3.8) is 0 Å². The lowest BCUT2D eigenvalue weighted by molar-refractivity contribution is -0.0223. The molecule has 3 aromatic carbocycles. The molecule has 1 aliphatic rings. The Balaban J connectivity index is 1.87. The molecule has 31 heavy (non-hydrogen) atoms. The van der Waals surface area contributed by atoms with E-state index in [0.717, 1.165) is 5.56 Å². The van der Waals surface area contributed by atoms with Crippen LogP contribution in [0.4, 0.5) is 0 Å². The van der Waals surface area contributed by atoms with Crippen LogP contribution in [0.25, 0.3) is 38.6 Å². The van der Waals surface area contributed by atoms with Crippen molar-refractivity contribution in [1.29, 1.82) is 0 Å². The van der Waals surface area contributed by atoms with E-state index >= 15 is 0 Å². The van der Waals surface area contributed by atoms with Gasteiger partial charge in [0.15, 0.2) is 0 Å². The summed E-state index contributed by atoms with van der Waals surface area (Å²) in [5, 5.41) is 43.2. The summed E-state index contributed by atoms with van der Waals surface area (Å²) < 4.78 is 11.4. The number of hydrogen-bond acceptors (Lipinski definition) is 7. The lowest BCUT2D eigenvalue weighted by atomic mass is 9.93. The van der Waals surface area contributed by atoms with E-state index in [1.165, 1.54) is 6.07 Å². The Bertz CT molecular complexity index is 1400. The van der Waals surface area contributed by atoms with Gasteiger partial charge in [0.25, 0.3) is 0 Å². The number of aliphatic hydroxyl groups is 3. The van der Waals surface area contributed by atoms with E-state index in [2.05, 4.69) is 6.58 Å². The molecule has 7 nitrogen and oxygen atoms in total. The number of aliphatic hydroxyl groups excluding tert-OH is 3. The highest BCUT2D eigenvalue weighted by Gasteiger charge is 2.43. The number of rotatable bonds is 3. The molecule has 0 amide bonds. The highest BCUT2D eigenvalue weighted by molar-refractivity contribution is 6.16. The zero-order valence-electron chi connectivity index (χ0n) is 16.4. The monoisotopic (exact) mass is 420 g/mol. The second-order valence-corrected chi connectivity index (χ2v) is 7.70. The zero-order chi connectivity index (χ0) is 21.9. The first-order valence-electron chi connectivity index (χ1n) is 9.84. The van der Waals surface area contributed by atoms with Crippen LogP contribution >= 0.6 is 0 Å². The summed E-state index contributed by atoms with van der Waals surface area (Å²) in [6.45, 7) is 3.26. The Morgan fingerprint density at radius 2 is 1.71 bits per heavy atom. The molecule has 0 aliphatic carbocycles. The summed E-state index contributed by atoms with van der Waals surface area (Å²) in [5.74, 6) is -0.0304. The molecule has 1 aliphatic heterocycles. The fourth-order valence-electron chi connectivity index (χ4n) is 4.38. The fraction of sp³-hybridized carbons (Fsp3) is 0.208. The third-order valence-corrected chi connectivity index (χ3v) is 5.98. The number of aromatic hydroxyl groups is 1. The first-order chi connectivity index (χ1) is 14.9. The Morgan fingerprint density at radius 3 is 2.42 bits per heavy atom. The molecule has 1 fully saturated rings. The molecule has 158 valence electrons. The maximum atomic E-state index is 12.8. The van der Waals surface area contributed by atoms with Crippen molar-refractivity contribution in [2.75, 3.05) is 6.61 Å². The number of phenolic OH excluding ortho intramolecular Hbond substituents is 1. The molecule has 0 bridgehead atoms. The molecule has 2 heterocycles. The van der Waals surface area contributed by atoms with E-state index in [-0.39, 0.29) is 11.3 Å². The van der Waals surface area contributed by atoms with E-state index in [1.54, 1.807) is 30.3 Å². The summed E-state index contributed by atoms with van der Waals surface area (Å²) in [6.07, 6.45) is -2.88. The van der Waals surface area contributed by atoms with Gasteiger partial charge in [0.05, 0.1) is 12.0 Å². The van der Waals surface area contributed by atoms with Crippen LogP contribution < -0.4 is 5.63 Å². The summed E-state index contributed by atoms with van der Waals surface area (Å²) in [6, 6.07) is 11.8. The largest absolute Gasteiger partial charge is 0.507 e. The summed E-state index contributed by atoms with van der Waals surface area (Å²) >= 11 is 0. The van der Waals surface area contributed by atoms with Crippen LogP contribution in [0.15, 0.2) is 58.3 Å². The van der Waals surface area contributed by atoms with Crippen LogP contribution in [0, 0.1) is 0 Å². The Kier molecular flexibility index (Phi) is 4.56. The van der Waals surface area contributed by atoms with Crippen molar-refractivity contribution in [3.05, 3.63) is 70.6 Å². The Labute approximate surface area is 176 Å². The van der Waals surface area contributed by atoms with Gasteiger partial charge in [0.1, 0.15) is 35.7 Å². The Hall–Kier alpha value is -3.23. The number of hydrogen-bond donors (Lipinski definition) is 4. The van der Waals surface area contributed by atoms with E-state index in [1.807, 2.05) is 12.1 Å². The van der Waals surface area contributed by atoms with Crippen molar-refractivity contribution >= 4 is 38.6 Å². The molecule has 0 radical (unpaired) electrons. The van der Waals surface area contributed by atoms with Crippen molar-refractivity contribution in [2.45, 2.75) is 24.4 Å². The second kappa shape index (κ2) is 7.18. The molecule has 4 N–H and O–H groups in total.